The van der Waals surface area contributed by atoms with E-state index in [2.05, 4.69) is 0 Å². The molecule has 5 nitrogen and oxygen atoms in total. The molecule has 2 rings (SSSR count). The number of hydrogen-bond donors (Lipinski definition) is 2. The Labute approximate surface area is 106 Å². The molecule has 0 bridgehead atoms. The molecule has 1 aromatic rings. The average Bonchev–Trinajstić information content (AvgIpc) is 2.68. The molecule has 0 aliphatic carbocycles. The number of likely N-dealkylation sites (tertiary alicyclic amines) is 1. The summed E-state index contributed by atoms with van der Waals surface area (Å²) in [6, 6.07) is 7.04. The standard InChI is InChI=1S/C13H17NO4/c1-18-13-5-3-2-4-9(13)10(15)6-14-7-11(16)12(17)8-14/h2-5,11-12,16-17H,6-8H2,1H3. The monoisotopic (exact) mass is 251 g/mol. The van der Waals surface area contributed by atoms with Crippen molar-refractivity contribution >= 4 is 5.78 Å². The van der Waals surface area contributed by atoms with Gasteiger partial charge in [-0.25, -0.2) is 0 Å². The Kier molecular flexibility index (Phi) is 3.96. The van der Waals surface area contributed by atoms with Crippen molar-refractivity contribution in [3.8, 4) is 5.75 Å². The number of rotatable bonds is 4. The topological polar surface area (TPSA) is 70.0 Å². The number of aliphatic hydroxyl groups is 2. The van der Waals surface area contributed by atoms with Crippen LogP contribution in [0.15, 0.2) is 24.3 Å². The summed E-state index contributed by atoms with van der Waals surface area (Å²) in [6.45, 7) is 0.818. The first-order chi connectivity index (χ1) is 8.61. The highest BCUT2D eigenvalue weighted by atomic mass is 16.5. The Morgan fingerprint density at radius 2 is 1.94 bits per heavy atom. The fourth-order valence-corrected chi connectivity index (χ4v) is 2.14. The fourth-order valence-electron chi connectivity index (χ4n) is 2.14. The Bertz CT molecular complexity index is 425. The first kappa shape index (κ1) is 13.0. The maximum atomic E-state index is 12.1. The second-order valence-corrected chi connectivity index (χ2v) is 4.45. The van der Waals surface area contributed by atoms with Crippen LogP contribution in [0.1, 0.15) is 10.4 Å². The number of benzene rings is 1. The Balaban J connectivity index is 2.04. The van der Waals surface area contributed by atoms with Gasteiger partial charge in [-0.1, -0.05) is 12.1 Å². The van der Waals surface area contributed by atoms with Gasteiger partial charge in [0, 0.05) is 13.1 Å². The minimum Gasteiger partial charge on any atom is -0.496 e. The minimum absolute atomic E-state index is 0.0752. The van der Waals surface area contributed by atoms with Gasteiger partial charge in [-0.15, -0.1) is 0 Å². The van der Waals surface area contributed by atoms with Crippen LogP contribution < -0.4 is 4.74 Å². The molecule has 1 heterocycles. The lowest BCUT2D eigenvalue weighted by molar-refractivity contribution is 0.0572. The first-order valence-electron chi connectivity index (χ1n) is 5.86. The van der Waals surface area contributed by atoms with Gasteiger partial charge < -0.3 is 14.9 Å². The third kappa shape index (κ3) is 2.69. The summed E-state index contributed by atoms with van der Waals surface area (Å²) in [4.78, 5) is 13.8. The van der Waals surface area contributed by atoms with Crippen LogP contribution in [0.4, 0.5) is 0 Å². The number of carbonyl (C=O) groups excluding carboxylic acids is 1. The van der Waals surface area contributed by atoms with Crippen molar-refractivity contribution in [2.45, 2.75) is 12.2 Å². The van der Waals surface area contributed by atoms with Crippen LogP contribution in [-0.4, -0.2) is 59.8 Å². The number of aliphatic hydroxyl groups excluding tert-OH is 2. The van der Waals surface area contributed by atoms with Crippen molar-refractivity contribution in [2.75, 3.05) is 26.7 Å². The number of nitrogens with zero attached hydrogens (tertiary/aromatic N) is 1. The second kappa shape index (κ2) is 5.48. The van der Waals surface area contributed by atoms with Crippen molar-refractivity contribution in [2.24, 2.45) is 0 Å². The zero-order valence-electron chi connectivity index (χ0n) is 10.2. The van der Waals surface area contributed by atoms with Gasteiger partial charge >= 0.3 is 0 Å². The normalized spacial score (nSPS) is 24.2. The Hall–Kier alpha value is -1.43. The number of hydrogen-bond acceptors (Lipinski definition) is 5. The fraction of sp³-hybridized carbons (Fsp3) is 0.462. The van der Waals surface area contributed by atoms with Crippen LogP contribution in [0.2, 0.25) is 0 Å². The molecule has 1 aromatic carbocycles. The van der Waals surface area contributed by atoms with E-state index >= 15 is 0 Å². The average molecular weight is 251 g/mol. The third-order valence-electron chi connectivity index (χ3n) is 3.11. The molecular weight excluding hydrogens is 234 g/mol. The molecule has 0 spiro atoms. The predicted octanol–water partition coefficient (Wildman–Crippen LogP) is -0.0847. The quantitative estimate of drug-likeness (QED) is 0.732. The van der Waals surface area contributed by atoms with Crippen molar-refractivity contribution in [1.29, 1.82) is 0 Å². The second-order valence-electron chi connectivity index (χ2n) is 4.45. The SMILES string of the molecule is COc1ccccc1C(=O)CN1CC(O)C(O)C1. The number of β-amino-alcohol motifs (C(OH)–C–C–N with tert-alkyl or cyclic N) is 2. The molecule has 2 unspecified atom stereocenters. The first-order valence-corrected chi connectivity index (χ1v) is 5.86. The Morgan fingerprint density at radius 1 is 1.33 bits per heavy atom. The summed E-state index contributed by atoms with van der Waals surface area (Å²) in [5.41, 5.74) is 0.524. The van der Waals surface area contributed by atoms with E-state index in [4.69, 9.17) is 4.74 Å². The van der Waals surface area contributed by atoms with E-state index in [0.29, 0.717) is 24.4 Å². The summed E-state index contributed by atoms with van der Waals surface area (Å²) in [5, 5.41) is 18.8. The molecular formula is C13H17NO4. The minimum atomic E-state index is -0.768. The zero-order chi connectivity index (χ0) is 13.1. The molecule has 2 N–H and O–H groups in total. The third-order valence-corrected chi connectivity index (χ3v) is 3.11. The van der Waals surface area contributed by atoms with Crippen LogP contribution in [0.25, 0.3) is 0 Å². The van der Waals surface area contributed by atoms with Crippen LogP contribution in [0.3, 0.4) is 0 Å². The molecule has 1 fully saturated rings. The lowest BCUT2D eigenvalue weighted by Gasteiger charge is -2.14. The van der Waals surface area contributed by atoms with Crippen molar-refractivity contribution in [3.05, 3.63) is 29.8 Å². The summed E-state index contributed by atoms with van der Waals surface area (Å²) < 4.78 is 5.14. The van der Waals surface area contributed by atoms with E-state index in [-0.39, 0.29) is 12.3 Å². The predicted molar refractivity (Wildman–Crippen MR) is 65.8 cm³/mol. The van der Waals surface area contributed by atoms with E-state index in [0.717, 1.165) is 0 Å². The van der Waals surface area contributed by atoms with E-state index in [9.17, 15) is 15.0 Å². The van der Waals surface area contributed by atoms with Gasteiger partial charge in [0.05, 0.1) is 31.4 Å². The van der Waals surface area contributed by atoms with Gasteiger partial charge in [-0.2, -0.15) is 0 Å². The van der Waals surface area contributed by atoms with E-state index < -0.39 is 12.2 Å². The smallest absolute Gasteiger partial charge is 0.180 e. The van der Waals surface area contributed by atoms with Crippen LogP contribution in [-0.2, 0) is 0 Å². The molecule has 0 saturated carbocycles. The zero-order valence-corrected chi connectivity index (χ0v) is 10.2. The molecule has 98 valence electrons. The highest BCUT2D eigenvalue weighted by Crippen LogP contribution is 2.19. The van der Waals surface area contributed by atoms with E-state index in [1.54, 1.807) is 29.2 Å². The molecule has 5 heteroatoms. The van der Waals surface area contributed by atoms with E-state index in [1.165, 1.54) is 7.11 Å². The van der Waals surface area contributed by atoms with Gasteiger partial charge in [0.2, 0.25) is 0 Å². The lowest BCUT2D eigenvalue weighted by Crippen LogP contribution is -2.29. The van der Waals surface area contributed by atoms with Gasteiger partial charge in [-0.05, 0) is 12.1 Å². The molecule has 1 aliphatic rings. The van der Waals surface area contributed by atoms with Gasteiger partial charge in [0.1, 0.15) is 5.75 Å². The maximum absolute atomic E-state index is 12.1. The highest BCUT2D eigenvalue weighted by molar-refractivity contribution is 6.00. The van der Waals surface area contributed by atoms with Gasteiger partial charge in [0.25, 0.3) is 0 Å². The summed E-state index contributed by atoms with van der Waals surface area (Å²) in [5.74, 6) is 0.469. The summed E-state index contributed by atoms with van der Waals surface area (Å²) in [7, 11) is 1.52. The molecule has 0 aromatic heterocycles. The molecule has 0 radical (unpaired) electrons. The maximum Gasteiger partial charge on any atom is 0.180 e. The van der Waals surface area contributed by atoms with Crippen LogP contribution in [0, 0.1) is 0 Å². The van der Waals surface area contributed by atoms with Crippen molar-refractivity contribution in [3.63, 3.8) is 0 Å². The van der Waals surface area contributed by atoms with E-state index in [1.807, 2.05) is 0 Å². The number of ketones is 1. The number of methoxy groups -OCH3 is 1. The molecule has 0 amide bonds. The van der Waals surface area contributed by atoms with Crippen molar-refractivity contribution in [1.82, 2.24) is 4.90 Å². The lowest BCUT2D eigenvalue weighted by atomic mass is 10.1. The Morgan fingerprint density at radius 3 is 2.56 bits per heavy atom. The number of Topliss-reactive ketones (excluding diaryl/α,β-unsaturated/α-hetero) is 1. The van der Waals surface area contributed by atoms with Crippen LogP contribution >= 0.6 is 0 Å². The molecule has 2 atom stereocenters. The van der Waals surface area contributed by atoms with Crippen molar-refractivity contribution < 1.29 is 19.7 Å². The largest absolute Gasteiger partial charge is 0.496 e. The highest BCUT2D eigenvalue weighted by Gasteiger charge is 2.30. The van der Waals surface area contributed by atoms with Gasteiger partial charge in [0.15, 0.2) is 5.78 Å². The number of carbonyl (C=O) groups is 1. The van der Waals surface area contributed by atoms with Gasteiger partial charge in [-0.3, -0.25) is 9.69 Å². The summed E-state index contributed by atoms with van der Waals surface area (Å²) in [6.07, 6.45) is -1.54. The molecule has 1 saturated heterocycles. The molecule has 1 aliphatic heterocycles. The summed E-state index contributed by atoms with van der Waals surface area (Å²) >= 11 is 0. The number of ether oxygens (including phenoxy) is 1. The molecule has 18 heavy (non-hydrogen) atoms. The number of para-hydroxylation sites is 1. The van der Waals surface area contributed by atoms with Crippen LogP contribution in [0.5, 0.6) is 5.75 Å².